The van der Waals surface area contributed by atoms with E-state index in [0.717, 1.165) is 6.54 Å². The van der Waals surface area contributed by atoms with Crippen molar-refractivity contribution in [1.82, 2.24) is 5.32 Å². The van der Waals surface area contributed by atoms with Crippen molar-refractivity contribution in [2.75, 3.05) is 13.6 Å². The van der Waals surface area contributed by atoms with E-state index in [1.165, 1.54) is 15.3 Å². The van der Waals surface area contributed by atoms with Crippen molar-refractivity contribution in [2.45, 2.75) is 13.8 Å². The molecule has 1 nitrogen and oxygen atoms in total. The molecule has 2 heteroatoms. The van der Waals surface area contributed by atoms with Gasteiger partial charge in [0.2, 0.25) is 0 Å². The summed E-state index contributed by atoms with van der Waals surface area (Å²) in [5.74, 6) is 0. The van der Waals surface area contributed by atoms with Gasteiger partial charge in [-0.25, -0.2) is 0 Å². The lowest BCUT2D eigenvalue weighted by molar-refractivity contribution is 0.885. The molecule has 0 aliphatic heterocycles. The molecule has 1 N–H and O–H groups in total. The van der Waals surface area contributed by atoms with E-state index in [-0.39, 0.29) is 0 Å². The Balaban J connectivity index is 2.67. The van der Waals surface area contributed by atoms with Crippen molar-refractivity contribution in [3.05, 3.63) is 27.5 Å². The lowest BCUT2D eigenvalue weighted by Gasteiger charge is -1.96. The number of hydrogen-bond acceptors (Lipinski definition) is 2. The molecule has 0 aromatic carbocycles. The highest BCUT2D eigenvalue weighted by molar-refractivity contribution is 7.12. The topological polar surface area (TPSA) is 12.0 Å². The zero-order chi connectivity index (χ0) is 8.97. The molecule has 0 fully saturated rings. The highest BCUT2D eigenvalue weighted by Gasteiger charge is 1.93. The predicted molar refractivity (Wildman–Crippen MR) is 56.6 cm³/mol. The minimum Gasteiger partial charge on any atom is -0.316 e. The fourth-order valence-electron chi connectivity index (χ4n) is 1.10. The Morgan fingerprint density at radius 3 is 2.83 bits per heavy atom. The second-order valence-electron chi connectivity index (χ2n) is 2.97. The largest absolute Gasteiger partial charge is 0.316 e. The minimum absolute atomic E-state index is 0.969. The highest BCUT2D eigenvalue weighted by atomic mass is 32.1. The van der Waals surface area contributed by atoms with Gasteiger partial charge in [0.1, 0.15) is 0 Å². The average molecular weight is 181 g/mol. The van der Waals surface area contributed by atoms with Gasteiger partial charge in [0.05, 0.1) is 0 Å². The summed E-state index contributed by atoms with van der Waals surface area (Å²) in [7, 11) is 1.97. The lowest BCUT2D eigenvalue weighted by atomic mass is 10.2. The van der Waals surface area contributed by atoms with Crippen molar-refractivity contribution in [1.29, 1.82) is 0 Å². The van der Waals surface area contributed by atoms with Crippen molar-refractivity contribution in [3.63, 3.8) is 0 Å². The number of aryl methyl sites for hydroxylation is 1. The number of hydrogen-bond donors (Lipinski definition) is 1. The molecule has 0 spiro atoms. The molecule has 66 valence electrons. The summed E-state index contributed by atoms with van der Waals surface area (Å²) in [5, 5.41) is 3.13. The first-order valence-electron chi connectivity index (χ1n) is 4.10. The Morgan fingerprint density at radius 2 is 2.33 bits per heavy atom. The fourth-order valence-corrected chi connectivity index (χ4v) is 2.01. The molecule has 0 unspecified atom stereocenters. The normalized spacial score (nSPS) is 12.1. The standard InChI is InChI=1S/C10H15NS/c1-8(7-11-3)6-10-5-4-9(2)12-10/h4-6,11H,7H2,1-3H3. The van der Waals surface area contributed by atoms with Crippen LogP contribution in [0.3, 0.4) is 0 Å². The third-order valence-electron chi connectivity index (χ3n) is 1.61. The van der Waals surface area contributed by atoms with Crippen LogP contribution in [-0.2, 0) is 0 Å². The highest BCUT2D eigenvalue weighted by Crippen LogP contribution is 2.17. The van der Waals surface area contributed by atoms with Gasteiger partial charge < -0.3 is 5.32 Å². The van der Waals surface area contributed by atoms with Gasteiger partial charge in [-0.05, 0) is 39.1 Å². The Hall–Kier alpha value is -0.600. The van der Waals surface area contributed by atoms with Gasteiger partial charge in [-0.3, -0.25) is 0 Å². The molecular weight excluding hydrogens is 166 g/mol. The van der Waals surface area contributed by atoms with Gasteiger partial charge in [0, 0.05) is 16.3 Å². The molecule has 0 bridgehead atoms. The van der Waals surface area contributed by atoms with Gasteiger partial charge >= 0.3 is 0 Å². The van der Waals surface area contributed by atoms with Crippen molar-refractivity contribution in [3.8, 4) is 0 Å². The first-order chi connectivity index (χ1) is 5.72. The first kappa shape index (κ1) is 9.49. The van der Waals surface area contributed by atoms with Crippen LogP contribution in [0.15, 0.2) is 17.7 Å². The van der Waals surface area contributed by atoms with Crippen molar-refractivity contribution < 1.29 is 0 Å². The molecule has 0 saturated carbocycles. The SMILES string of the molecule is CNCC(C)=Cc1ccc(C)s1. The number of likely N-dealkylation sites (N-methyl/N-ethyl adjacent to an activating group) is 1. The van der Waals surface area contributed by atoms with E-state index in [1.54, 1.807) is 0 Å². The molecule has 12 heavy (non-hydrogen) atoms. The summed E-state index contributed by atoms with van der Waals surface area (Å²) in [5.41, 5.74) is 1.37. The van der Waals surface area contributed by atoms with E-state index in [0.29, 0.717) is 0 Å². The molecule has 1 aromatic heterocycles. The molecule has 0 atom stereocenters. The van der Waals surface area contributed by atoms with Crippen molar-refractivity contribution >= 4 is 17.4 Å². The average Bonchev–Trinajstić information content (AvgIpc) is 2.36. The van der Waals surface area contributed by atoms with Crippen LogP contribution in [0.1, 0.15) is 16.7 Å². The van der Waals surface area contributed by atoms with E-state index >= 15 is 0 Å². The van der Waals surface area contributed by atoms with E-state index in [2.05, 4.69) is 37.4 Å². The van der Waals surface area contributed by atoms with Gasteiger partial charge in [-0.2, -0.15) is 0 Å². The number of nitrogens with one attached hydrogen (secondary N) is 1. The maximum Gasteiger partial charge on any atom is 0.0273 e. The van der Waals surface area contributed by atoms with E-state index in [1.807, 2.05) is 18.4 Å². The summed E-state index contributed by atoms with van der Waals surface area (Å²) in [6.07, 6.45) is 2.23. The second kappa shape index (κ2) is 4.43. The van der Waals surface area contributed by atoms with E-state index in [4.69, 9.17) is 0 Å². The van der Waals surface area contributed by atoms with Crippen LogP contribution in [0.4, 0.5) is 0 Å². The zero-order valence-corrected chi connectivity index (χ0v) is 8.66. The molecule has 0 aliphatic rings. The zero-order valence-electron chi connectivity index (χ0n) is 7.85. The third kappa shape index (κ3) is 2.80. The molecule has 0 amide bonds. The summed E-state index contributed by atoms with van der Waals surface area (Å²) < 4.78 is 0. The number of thiophene rings is 1. The smallest absolute Gasteiger partial charge is 0.0273 e. The molecule has 0 aliphatic carbocycles. The number of rotatable bonds is 3. The Kier molecular flexibility index (Phi) is 3.50. The van der Waals surface area contributed by atoms with Crippen LogP contribution in [-0.4, -0.2) is 13.6 Å². The molecule has 1 aromatic rings. The van der Waals surface area contributed by atoms with Crippen LogP contribution >= 0.6 is 11.3 Å². The molecular formula is C10H15NS. The van der Waals surface area contributed by atoms with Gasteiger partial charge in [-0.1, -0.05) is 5.57 Å². The summed E-state index contributed by atoms with van der Waals surface area (Å²) in [6.45, 7) is 5.25. The fraction of sp³-hybridized carbons (Fsp3) is 0.400. The van der Waals surface area contributed by atoms with Gasteiger partial charge in [0.25, 0.3) is 0 Å². The maximum atomic E-state index is 3.13. The Labute approximate surface area is 78.1 Å². The predicted octanol–water partition coefficient (Wildman–Crippen LogP) is 2.68. The van der Waals surface area contributed by atoms with Gasteiger partial charge in [0.15, 0.2) is 0 Å². The first-order valence-corrected chi connectivity index (χ1v) is 4.92. The van der Waals surface area contributed by atoms with Crippen LogP contribution in [0.2, 0.25) is 0 Å². The summed E-state index contributed by atoms with van der Waals surface area (Å²) >= 11 is 1.84. The van der Waals surface area contributed by atoms with E-state index in [9.17, 15) is 0 Å². The Morgan fingerprint density at radius 1 is 1.58 bits per heavy atom. The lowest BCUT2D eigenvalue weighted by Crippen LogP contribution is -2.08. The quantitative estimate of drug-likeness (QED) is 0.756. The van der Waals surface area contributed by atoms with Crippen molar-refractivity contribution in [2.24, 2.45) is 0 Å². The summed E-state index contributed by atoms with van der Waals surface area (Å²) in [4.78, 5) is 2.72. The molecule has 0 saturated heterocycles. The molecule has 1 rings (SSSR count). The van der Waals surface area contributed by atoms with Crippen LogP contribution in [0, 0.1) is 6.92 Å². The van der Waals surface area contributed by atoms with E-state index < -0.39 is 0 Å². The van der Waals surface area contributed by atoms with Gasteiger partial charge in [-0.15, -0.1) is 11.3 Å². The second-order valence-corrected chi connectivity index (χ2v) is 4.29. The third-order valence-corrected chi connectivity index (χ3v) is 2.55. The van der Waals surface area contributed by atoms with Crippen LogP contribution < -0.4 is 5.32 Å². The maximum absolute atomic E-state index is 3.13. The van der Waals surface area contributed by atoms with Crippen LogP contribution in [0.25, 0.3) is 6.08 Å². The Bertz CT molecular complexity index is 273. The molecule has 0 radical (unpaired) electrons. The monoisotopic (exact) mass is 181 g/mol. The molecule has 1 heterocycles. The minimum atomic E-state index is 0.969. The van der Waals surface area contributed by atoms with Crippen LogP contribution in [0.5, 0.6) is 0 Å². The summed E-state index contributed by atoms with van der Waals surface area (Å²) in [6, 6.07) is 4.32.